The lowest BCUT2D eigenvalue weighted by Crippen LogP contribution is -2.33. The Kier molecular flexibility index (Phi) is 7.27. The zero-order valence-corrected chi connectivity index (χ0v) is 24.2. The third-order valence-electron chi connectivity index (χ3n) is 7.82. The van der Waals surface area contributed by atoms with Crippen LogP contribution in [0.3, 0.4) is 0 Å². The molecule has 200 valence electrons. The fourth-order valence-corrected chi connectivity index (χ4v) is 6.40. The highest BCUT2D eigenvalue weighted by Crippen LogP contribution is 2.44. The molecule has 6 rings (SSSR count). The molecule has 0 amide bonds. The van der Waals surface area contributed by atoms with Crippen molar-refractivity contribution in [3.8, 4) is 11.3 Å². The van der Waals surface area contributed by atoms with E-state index in [-0.39, 0.29) is 12.1 Å². The predicted octanol–water partition coefficient (Wildman–Crippen LogP) is 8.37. The lowest BCUT2D eigenvalue weighted by Gasteiger charge is -2.33. The van der Waals surface area contributed by atoms with E-state index < -0.39 is 0 Å². The molecule has 2 saturated heterocycles. The van der Waals surface area contributed by atoms with Crippen molar-refractivity contribution in [2.24, 2.45) is 5.92 Å². The van der Waals surface area contributed by atoms with Crippen molar-refractivity contribution in [3.05, 3.63) is 100.0 Å². The van der Waals surface area contributed by atoms with Gasteiger partial charge in [0.05, 0.1) is 22.4 Å². The van der Waals surface area contributed by atoms with Gasteiger partial charge in [0.15, 0.2) is 5.11 Å². The van der Waals surface area contributed by atoms with Crippen molar-refractivity contribution in [2.45, 2.75) is 38.8 Å². The Hall–Kier alpha value is -3.06. The highest BCUT2D eigenvalue weighted by atomic mass is 35.5. The van der Waals surface area contributed by atoms with Gasteiger partial charge in [0.1, 0.15) is 17.6 Å². The van der Waals surface area contributed by atoms with Gasteiger partial charge in [0.2, 0.25) is 0 Å². The summed E-state index contributed by atoms with van der Waals surface area (Å²) in [4.78, 5) is 9.12. The van der Waals surface area contributed by atoms with Gasteiger partial charge in [-0.2, -0.15) is 0 Å². The summed E-state index contributed by atoms with van der Waals surface area (Å²) in [7, 11) is 0. The maximum Gasteiger partial charge on any atom is 0.174 e. The van der Waals surface area contributed by atoms with Crippen LogP contribution in [0.4, 0.5) is 11.4 Å². The standard InChI is InChI=1S/C31H30Cl2N4OS/c1-19-12-15-36(16-13-19)26-9-8-22(18-24(26)33)37-30(29(35-31(37)39)25-5-3-4-14-34-25)28-11-10-27(38-28)23-17-21(32)7-6-20(23)2/h3-11,14,17-19,29-30H,12-13,15-16H2,1-2H3,(H,35,39)/t29-,30+/m1/s1. The minimum absolute atomic E-state index is 0.208. The number of furan rings is 1. The Bertz CT molecular complexity index is 1500. The Morgan fingerprint density at radius 2 is 1.82 bits per heavy atom. The summed E-state index contributed by atoms with van der Waals surface area (Å²) in [5, 5.41) is 5.49. The molecule has 0 bridgehead atoms. The number of nitrogens with zero attached hydrogens (tertiary/aromatic N) is 3. The third-order valence-corrected chi connectivity index (χ3v) is 8.67. The van der Waals surface area contributed by atoms with E-state index in [4.69, 9.17) is 39.8 Å². The van der Waals surface area contributed by atoms with Crippen LogP contribution in [0.5, 0.6) is 0 Å². The highest BCUT2D eigenvalue weighted by Gasteiger charge is 2.43. The van der Waals surface area contributed by atoms with E-state index in [0.29, 0.717) is 10.1 Å². The van der Waals surface area contributed by atoms with E-state index in [1.807, 2.05) is 54.6 Å². The van der Waals surface area contributed by atoms with Crippen molar-refractivity contribution in [1.82, 2.24) is 10.3 Å². The maximum atomic E-state index is 6.91. The molecule has 2 fully saturated rings. The van der Waals surface area contributed by atoms with Crippen LogP contribution in [-0.2, 0) is 0 Å². The third kappa shape index (κ3) is 5.13. The van der Waals surface area contributed by atoms with Crippen LogP contribution < -0.4 is 15.1 Å². The van der Waals surface area contributed by atoms with Gasteiger partial charge < -0.3 is 19.5 Å². The second kappa shape index (κ2) is 10.8. The number of rotatable bonds is 5. The molecule has 2 aliphatic heterocycles. The second-order valence-corrected chi connectivity index (χ2v) is 11.7. The number of piperidine rings is 1. The summed E-state index contributed by atoms with van der Waals surface area (Å²) in [6.45, 7) is 6.41. The van der Waals surface area contributed by atoms with Gasteiger partial charge in [-0.25, -0.2) is 0 Å². The molecule has 0 aliphatic carbocycles. The molecule has 4 heterocycles. The first-order valence-corrected chi connectivity index (χ1v) is 14.5. The van der Waals surface area contributed by atoms with Gasteiger partial charge in [0.25, 0.3) is 0 Å². The Morgan fingerprint density at radius 3 is 2.56 bits per heavy atom. The zero-order chi connectivity index (χ0) is 27.1. The van der Waals surface area contributed by atoms with Crippen LogP contribution in [0.15, 0.2) is 77.3 Å². The lowest BCUT2D eigenvalue weighted by atomic mass is 9.98. The van der Waals surface area contributed by atoms with Gasteiger partial charge in [0, 0.05) is 35.6 Å². The molecule has 2 aromatic carbocycles. The fraction of sp³-hybridized carbons (Fsp3) is 0.290. The predicted molar refractivity (Wildman–Crippen MR) is 164 cm³/mol. The molecule has 39 heavy (non-hydrogen) atoms. The van der Waals surface area contributed by atoms with Gasteiger partial charge in [-0.3, -0.25) is 4.98 Å². The number of aromatic nitrogens is 1. The summed E-state index contributed by atoms with van der Waals surface area (Å²) in [6, 6.07) is 21.5. The number of anilines is 2. The van der Waals surface area contributed by atoms with E-state index in [1.165, 1.54) is 12.8 Å². The molecule has 4 aromatic rings. The normalized spacial score (nSPS) is 19.9. The number of thiocarbonyl (C=S) groups is 1. The van der Waals surface area contributed by atoms with Crippen LogP contribution in [-0.4, -0.2) is 23.2 Å². The number of aryl methyl sites for hydroxylation is 1. The average Bonchev–Trinajstić information content (AvgIpc) is 3.56. The molecule has 0 saturated carbocycles. The summed E-state index contributed by atoms with van der Waals surface area (Å²) in [5.74, 6) is 2.29. The number of benzene rings is 2. The second-order valence-electron chi connectivity index (χ2n) is 10.5. The fourth-order valence-electron chi connectivity index (χ4n) is 5.59. The maximum absolute atomic E-state index is 6.91. The molecule has 0 unspecified atom stereocenters. The smallest absolute Gasteiger partial charge is 0.174 e. The van der Waals surface area contributed by atoms with Crippen LogP contribution in [0.2, 0.25) is 10.0 Å². The van der Waals surface area contributed by atoms with Crippen molar-refractivity contribution in [1.29, 1.82) is 0 Å². The van der Waals surface area contributed by atoms with Crippen LogP contribution in [0, 0.1) is 12.8 Å². The van der Waals surface area contributed by atoms with E-state index in [2.05, 4.69) is 46.1 Å². The molecule has 1 N–H and O–H groups in total. The van der Waals surface area contributed by atoms with E-state index in [9.17, 15) is 0 Å². The minimum Gasteiger partial charge on any atom is -0.459 e. The van der Waals surface area contributed by atoms with Gasteiger partial charge in [-0.1, -0.05) is 42.3 Å². The first kappa shape index (κ1) is 26.2. The Morgan fingerprint density at radius 1 is 1.00 bits per heavy atom. The molecule has 0 spiro atoms. The topological polar surface area (TPSA) is 44.5 Å². The Labute approximate surface area is 244 Å². The van der Waals surface area contributed by atoms with Crippen LogP contribution >= 0.6 is 35.4 Å². The monoisotopic (exact) mass is 576 g/mol. The van der Waals surface area contributed by atoms with Crippen LogP contribution in [0.1, 0.15) is 48.9 Å². The van der Waals surface area contributed by atoms with Crippen LogP contribution in [0.25, 0.3) is 11.3 Å². The summed E-state index contributed by atoms with van der Waals surface area (Å²) < 4.78 is 6.53. The van der Waals surface area contributed by atoms with Crippen molar-refractivity contribution in [3.63, 3.8) is 0 Å². The molecule has 2 atom stereocenters. The Balaban J connectivity index is 1.39. The molecule has 2 aliphatic rings. The largest absolute Gasteiger partial charge is 0.459 e. The van der Waals surface area contributed by atoms with Gasteiger partial charge in [-0.05, 0) is 98.1 Å². The number of hydrogen-bond donors (Lipinski definition) is 1. The van der Waals surface area contributed by atoms with Crippen molar-refractivity contribution < 1.29 is 4.42 Å². The molecule has 0 radical (unpaired) electrons. The quantitative estimate of drug-likeness (QED) is 0.241. The lowest BCUT2D eigenvalue weighted by molar-refractivity contribution is 0.438. The molecule has 8 heteroatoms. The first-order chi connectivity index (χ1) is 18.9. The van der Waals surface area contributed by atoms with E-state index >= 15 is 0 Å². The van der Waals surface area contributed by atoms with Crippen molar-refractivity contribution >= 4 is 51.9 Å². The summed E-state index contributed by atoms with van der Waals surface area (Å²) >= 11 is 19.1. The number of nitrogens with one attached hydrogen (secondary N) is 1. The summed E-state index contributed by atoms with van der Waals surface area (Å²) in [6.07, 6.45) is 4.16. The van der Waals surface area contributed by atoms with Gasteiger partial charge >= 0.3 is 0 Å². The van der Waals surface area contributed by atoms with E-state index in [0.717, 1.165) is 63.7 Å². The first-order valence-electron chi connectivity index (χ1n) is 13.3. The van der Waals surface area contributed by atoms with Gasteiger partial charge in [-0.15, -0.1) is 0 Å². The zero-order valence-electron chi connectivity index (χ0n) is 21.9. The number of hydrogen-bond acceptors (Lipinski definition) is 4. The molecular weight excluding hydrogens is 547 g/mol. The highest BCUT2D eigenvalue weighted by molar-refractivity contribution is 7.80. The molecular formula is C31H30Cl2N4OS. The number of halogens is 2. The van der Waals surface area contributed by atoms with E-state index in [1.54, 1.807) is 6.20 Å². The molecule has 5 nitrogen and oxygen atoms in total. The number of pyridine rings is 1. The molecule has 2 aromatic heterocycles. The minimum atomic E-state index is -0.265. The average molecular weight is 578 g/mol. The summed E-state index contributed by atoms with van der Waals surface area (Å²) in [5.41, 5.74) is 4.92. The van der Waals surface area contributed by atoms with Crippen molar-refractivity contribution in [2.75, 3.05) is 22.9 Å². The SMILES string of the molecule is Cc1ccc(Cl)cc1-c1ccc([C@H]2[C@@H](c3ccccn3)NC(=S)N2c2ccc(N3CCC(C)CC3)c(Cl)c2)o1.